The Morgan fingerprint density at radius 3 is 2.52 bits per heavy atom. The number of hydrogen-bond donors (Lipinski definition) is 2. The van der Waals surface area contributed by atoms with Gasteiger partial charge in [-0.25, -0.2) is 4.79 Å². The third-order valence-electron chi connectivity index (χ3n) is 3.45. The number of aliphatic imine (C=N–C) groups is 1. The van der Waals surface area contributed by atoms with Gasteiger partial charge in [-0.15, -0.1) is 0 Å². The number of amides is 2. The number of urea groups is 1. The highest BCUT2D eigenvalue weighted by Crippen LogP contribution is 2.20. The van der Waals surface area contributed by atoms with Gasteiger partial charge in [-0.05, 0) is 36.6 Å². The van der Waals surface area contributed by atoms with Crippen LogP contribution in [-0.4, -0.2) is 17.9 Å². The third-order valence-corrected chi connectivity index (χ3v) is 3.70. The zero-order chi connectivity index (χ0) is 15.1. The van der Waals surface area contributed by atoms with Gasteiger partial charge in [0.15, 0.2) is 0 Å². The first kappa shape index (κ1) is 15.6. The summed E-state index contributed by atoms with van der Waals surface area (Å²) < 4.78 is 0. The van der Waals surface area contributed by atoms with Gasteiger partial charge in [0.25, 0.3) is 0 Å². The fourth-order valence-corrected chi connectivity index (χ4v) is 2.53. The molecule has 0 radical (unpaired) electrons. The molecule has 0 aromatic heterocycles. The van der Waals surface area contributed by atoms with Crippen LogP contribution >= 0.6 is 11.6 Å². The first-order chi connectivity index (χ1) is 10.1. The minimum Gasteiger partial charge on any atom is -0.351 e. The molecule has 1 saturated carbocycles. The largest absolute Gasteiger partial charge is 0.351 e. The molecule has 0 heterocycles. The van der Waals surface area contributed by atoms with Crippen molar-refractivity contribution in [3.8, 4) is 0 Å². The Kier molecular flexibility index (Phi) is 5.81. The molecule has 112 valence electrons. The molecule has 1 aromatic rings. The summed E-state index contributed by atoms with van der Waals surface area (Å²) in [6.45, 7) is 0. The number of nitrogens with zero attached hydrogens (tertiary/aromatic N) is 1. The van der Waals surface area contributed by atoms with Crippen LogP contribution in [0.3, 0.4) is 0 Å². The minimum absolute atomic E-state index is 0.274. The second-order valence-electron chi connectivity index (χ2n) is 5.18. The number of nitrogens with two attached hydrogens (primary N) is 1. The normalized spacial score (nSPS) is 17.1. The van der Waals surface area contributed by atoms with Crippen LogP contribution in [0.2, 0.25) is 5.02 Å². The van der Waals surface area contributed by atoms with Crippen molar-refractivity contribution < 1.29 is 4.79 Å². The van der Waals surface area contributed by atoms with Crippen LogP contribution in [0.4, 0.5) is 4.79 Å². The van der Waals surface area contributed by atoms with Gasteiger partial charge in [0, 0.05) is 5.02 Å². The molecule has 1 aliphatic carbocycles. The number of carbonyl (C=O) groups excluding carboxylic acids is 1. The topological polar surface area (TPSA) is 67.5 Å². The average Bonchev–Trinajstić information content (AvgIpc) is 2.47. The van der Waals surface area contributed by atoms with Crippen LogP contribution < -0.4 is 11.1 Å². The number of primary amides is 1. The average molecular weight is 306 g/mol. The van der Waals surface area contributed by atoms with Crippen molar-refractivity contribution in [1.29, 1.82) is 0 Å². The summed E-state index contributed by atoms with van der Waals surface area (Å²) in [5.74, 6) is 0.518. The SMILES string of the molecule is NC(=O)NC(C=Cc1ccc(Cl)cc1)=NC1CCCCC1. The number of halogens is 1. The molecule has 0 saturated heterocycles. The number of amidine groups is 1. The van der Waals surface area contributed by atoms with Crippen molar-refractivity contribution in [2.75, 3.05) is 0 Å². The van der Waals surface area contributed by atoms with Gasteiger partial charge in [0.05, 0.1) is 6.04 Å². The van der Waals surface area contributed by atoms with E-state index < -0.39 is 6.03 Å². The molecule has 0 atom stereocenters. The van der Waals surface area contributed by atoms with Gasteiger partial charge < -0.3 is 5.73 Å². The maximum atomic E-state index is 11.1. The van der Waals surface area contributed by atoms with E-state index in [1.807, 2.05) is 30.3 Å². The first-order valence-corrected chi connectivity index (χ1v) is 7.59. The Morgan fingerprint density at radius 1 is 1.24 bits per heavy atom. The maximum absolute atomic E-state index is 11.1. The predicted octanol–water partition coefficient (Wildman–Crippen LogP) is 3.75. The maximum Gasteiger partial charge on any atom is 0.317 e. The van der Waals surface area contributed by atoms with Crippen LogP contribution in [-0.2, 0) is 0 Å². The third kappa shape index (κ3) is 5.60. The Bertz CT molecular complexity index is 531. The van der Waals surface area contributed by atoms with E-state index in [1.54, 1.807) is 6.08 Å². The van der Waals surface area contributed by atoms with Gasteiger partial charge in [0.2, 0.25) is 0 Å². The molecule has 0 aliphatic heterocycles. The quantitative estimate of drug-likeness (QED) is 0.648. The Hall–Kier alpha value is -1.81. The standard InChI is InChI=1S/C16H20ClN3O/c17-13-9-6-12(7-10-13)8-11-15(20-16(18)21)19-14-4-2-1-3-5-14/h6-11,14H,1-5H2,(H3,18,19,20,21). The lowest BCUT2D eigenvalue weighted by molar-refractivity contribution is 0.253. The van der Waals surface area contributed by atoms with E-state index in [1.165, 1.54) is 19.3 Å². The van der Waals surface area contributed by atoms with Crippen molar-refractivity contribution in [2.24, 2.45) is 10.7 Å². The molecule has 0 bridgehead atoms. The van der Waals surface area contributed by atoms with E-state index in [0.29, 0.717) is 10.9 Å². The van der Waals surface area contributed by atoms with E-state index in [0.717, 1.165) is 18.4 Å². The van der Waals surface area contributed by atoms with E-state index in [-0.39, 0.29) is 6.04 Å². The van der Waals surface area contributed by atoms with Crippen molar-refractivity contribution in [3.63, 3.8) is 0 Å². The van der Waals surface area contributed by atoms with Gasteiger partial charge in [-0.3, -0.25) is 10.3 Å². The zero-order valence-corrected chi connectivity index (χ0v) is 12.6. The second kappa shape index (κ2) is 7.84. The molecule has 1 aliphatic rings. The Labute approximate surface area is 130 Å². The monoisotopic (exact) mass is 305 g/mol. The Balaban J connectivity index is 2.09. The van der Waals surface area contributed by atoms with Crippen LogP contribution in [0.5, 0.6) is 0 Å². The fraction of sp³-hybridized carbons (Fsp3) is 0.375. The summed E-state index contributed by atoms with van der Waals surface area (Å²) in [5, 5.41) is 3.28. The summed E-state index contributed by atoms with van der Waals surface area (Å²) >= 11 is 5.85. The molecule has 2 rings (SSSR count). The summed E-state index contributed by atoms with van der Waals surface area (Å²) in [4.78, 5) is 15.7. The van der Waals surface area contributed by atoms with Crippen LogP contribution in [0.1, 0.15) is 37.7 Å². The molecule has 1 fully saturated rings. The lowest BCUT2D eigenvalue weighted by atomic mass is 9.96. The number of nitrogens with one attached hydrogen (secondary N) is 1. The van der Waals surface area contributed by atoms with Gasteiger partial charge >= 0.3 is 6.03 Å². The molecular formula is C16H20ClN3O. The van der Waals surface area contributed by atoms with E-state index in [4.69, 9.17) is 17.3 Å². The van der Waals surface area contributed by atoms with Gasteiger partial charge in [-0.1, -0.05) is 49.1 Å². The Morgan fingerprint density at radius 2 is 1.90 bits per heavy atom. The van der Waals surface area contributed by atoms with Gasteiger partial charge in [0.1, 0.15) is 5.84 Å². The number of rotatable bonds is 3. The van der Waals surface area contributed by atoms with Crippen molar-refractivity contribution in [1.82, 2.24) is 5.32 Å². The molecule has 0 spiro atoms. The molecule has 2 amide bonds. The first-order valence-electron chi connectivity index (χ1n) is 7.21. The second-order valence-corrected chi connectivity index (χ2v) is 5.62. The predicted molar refractivity (Wildman–Crippen MR) is 87.5 cm³/mol. The molecule has 3 N–H and O–H groups in total. The smallest absolute Gasteiger partial charge is 0.317 e. The van der Waals surface area contributed by atoms with Crippen LogP contribution in [0.15, 0.2) is 35.3 Å². The van der Waals surface area contributed by atoms with E-state index >= 15 is 0 Å². The molecule has 5 heteroatoms. The fourth-order valence-electron chi connectivity index (χ4n) is 2.40. The van der Waals surface area contributed by atoms with Crippen LogP contribution in [0, 0.1) is 0 Å². The highest BCUT2D eigenvalue weighted by molar-refractivity contribution is 6.30. The highest BCUT2D eigenvalue weighted by Gasteiger charge is 2.12. The molecule has 21 heavy (non-hydrogen) atoms. The van der Waals surface area contributed by atoms with Crippen molar-refractivity contribution in [3.05, 3.63) is 40.9 Å². The number of hydrogen-bond acceptors (Lipinski definition) is 2. The highest BCUT2D eigenvalue weighted by atomic mass is 35.5. The van der Waals surface area contributed by atoms with Crippen molar-refractivity contribution >= 4 is 29.5 Å². The molecular weight excluding hydrogens is 286 g/mol. The lowest BCUT2D eigenvalue weighted by Crippen LogP contribution is -2.35. The minimum atomic E-state index is -0.592. The number of benzene rings is 1. The lowest BCUT2D eigenvalue weighted by Gasteiger charge is -2.18. The van der Waals surface area contributed by atoms with Gasteiger partial charge in [-0.2, -0.15) is 0 Å². The number of carbonyl (C=O) groups is 1. The molecule has 0 unspecified atom stereocenters. The summed E-state index contributed by atoms with van der Waals surface area (Å²) in [6, 6.07) is 7.13. The van der Waals surface area contributed by atoms with E-state index in [2.05, 4.69) is 10.3 Å². The molecule has 4 nitrogen and oxygen atoms in total. The van der Waals surface area contributed by atoms with Crippen LogP contribution in [0.25, 0.3) is 6.08 Å². The molecule has 1 aromatic carbocycles. The van der Waals surface area contributed by atoms with E-state index in [9.17, 15) is 4.79 Å². The summed E-state index contributed by atoms with van der Waals surface area (Å²) in [6.07, 6.45) is 9.46. The summed E-state index contributed by atoms with van der Waals surface area (Å²) in [5.41, 5.74) is 6.19. The summed E-state index contributed by atoms with van der Waals surface area (Å²) in [7, 11) is 0. The zero-order valence-electron chi connectivity index (χ0n) is 11.9. The van der Waals surface area contributed by atoms with Crippen molar-refractivity contribution in [2.45, 2.75) is 38.1 Å².